The summed E-state index contributed by atoms with van der Waals surface area (Å²) in [5.41, 5.74) is 10.1. The first-order valence-corrected chi connectivity index (χ1v) is 13.2. The van der Waals surface area contributed by atoms with Crippen LogP contribution in [0.2, 0.25) is 0 Å². The number of nitrogens with zero attached hydrogens (tertiary/aromatic N) is 5. The fourth-order valence-electron chi connectivity index (χ4n) is 4.75. The average Bonchev–Trinajstić information content (AvgIpc) is 3.46. The summed E-state index contributed by atoms with van der Waals surface area (Å²) in [6.45, 7) is 2.07. The maximum absolute atomic E-state index is 11.8. The van der Waals surface area contributed by atoms with Gasteiger partial charge < -0.3 is 11.1 Å². The van der Waals surface area contributed by atoms with Crippen molar-refractivity contribution in [3.63, 3.8) is 0 Å². The van der Waals surface area contributed by atoms with Crippen molar-refractivity contribution in [1.82, 2.24) is 24.7 Å². The van der Waals surface area contributed by atoms with E-state index in [1.165, 1.54) is 12.8 Å². The molecular weight excluding hydrogens is 426 g/mol. The standard InChI is InChI=1S/C22H29N7O2S/c1-2-18-22(26-15-5-3-4-6-15)28-19-17(12-24-21(23)20(19)27-18)14-11-25-29(13-14)16-7-9-32(30,31)10-8-16/h11-13,15-16H,2-10H2,1H3,(H2,23,24)(H,26,28). The minimum absolute atomic E-state index is 0.0812. The molecule has 3 aromatic rings. The van der Waals surface area contributed by atoms with Gasteiger partial charge in [0.2, 0.25) is 0 Å². The highest BCUT2D eigenvalue weighted by molar-refractivity contribution is 7.91. The second-order valence-corrected chi connectivity index (χ2v) is 11.1. The molecule has 0 spiro atoms. The van der Waals surface area contributed by atoms with E-state index in [2.05, 4.69) is 22.3 Å². The summed E-state index contributed by atoms with van der Waals surface area (Å²) in [5, 5.41) is 8.13. The Bertz CT molecular complexity index is 1230. The van der Waals surface area contributed by atoms with Gasteiger partial charge in [-0.25, -0.2) is 23.4 Å². The Morgan fingerprint density at radius 3 is 2.56 bits per heavy atom. The van der Waals surface area contributed by atoms with Crippen LogP contribution >= 0.6 is 0 Å². The zero-order chi connectivity index (χ0) is 22.3. The van der Waals surface area contributed by atoms with Crippen LogP contribution in [0.4, 0.5) is 11.6 Å². The van der Waals surface area contributed by atoms with Gasteiger partial charge in [0, 0.05) is 29.6 Å². The molecule has 170 valence electrons. The Labute approximate surface area is 187 Å². The van der Waals surface area contributed by atoms with E-state index in [4.69, 9.17) is 15.7 Å². The van der Waals surface area contributed by atoms with Crippen molar-refractivity contribution in [3.8, 4) is 11.1 Å². The van der Waals surface area contributed by atoms with E-state index in [0.717, 1.165) is 41.9 Å². The number of nitrogens with two attached hydrogens (primary N) is 1. The molecule has 5 rings (SSSR count). The molecule has 1 aliphatic carbocycles. The topological polar surface area (TPSA) is 129 Å². The summed E-state index contributed by atoms with van der Waals surface area (Å²) in [5.74, 6) is 1.60. The normalized spacial score (nSPS) is 19.5. The van der Waals surface area contributed by atoms with Crippen LogP contribution < -0.4 is 11.1 Å². The summed E-state index contributed by atoms with van der Waals surface area (Å²) in [7, 11) is -2.91. The average molecular weight is 456 g/mol. The molecule has 0 unspecified atom stereocenters. The molecule has 0 bridgehead atoms. The van der Waals surface area contributed by atoms with Gasteiger partial charge >= 0.3 is 0 Å². The molecule has 1 saturated carbocycles. The lowest BCUT2D eigenvalue weighted by atomic mass is 10.1. The van der Waals surface area contributed by atoms with Gasteiger partial charge in [0.1, 0.15) is 26.7 Å². The predicted octanol–water partition coefficient (Wildman–Crippen LogP) is 3.14. The van der Waals surface area contributed by atoms with Gasteiger partial charge in [0.25, 0.3) is 0 Å². The number of nitrogen functional groups attached to an aromatic ring is 1. The highest BCUT2D eigenvalue weighted by Gasteiger charge is 2.26. The van der Waals surface area contributed by atoms with Crippen LogP contribution in [0, 0.1) is 0 Å². The SMILES string of the molecule is CCc1nc2c(N)ncc(-c3cnn(C4CCS(=O)(=O)CC4)c3)c2nc1NC1CCCC1. The van der Waals surface area contributed by atoms with E-state index < -0.39 is 9.84 Å². The van der Waals surface area contributed by atoms with Crippen LogP contribution in [-0.2, 0) is 16.3 Å². The molecule has 0 amide bonds. The van der Waals surface area contributed by atoms with E-state index in [9.17, 15) is 8.42 Å². The summed E-state index contributed by atoms with van der Waals surface area (Å²) < 4.78 is 25.4. The molecule has 0 aromatic carbocycles. The number of fused-ring (bicyclic) bond motifs is 1. The fourth-order valence-corrected chi connectivity index (χ4v) is 6.22. The predicted molar refractivity (Wildman–Crippen MR) is 125 cm³/mol. The molecule has 1 saturated heterocycles. The molecule has 10 heteroatoms. The Morgan fingerprint density at radius 2 is 1.84 bits per heavy atom. The van der Waals surface area contributed by atoms with Crippen LogP contribution in [0.5, 0.6) is 0 Å². The van der Waals surface area contributed by atoms with E-state index in [1.807, 2.05) is 10.9 Å². The minimum atomic E-state index is -2.91. The van der Waals surface area contributed by atoms with Crippen molar-refractivity contribution in [2.45, 2.75) is 64.0 Å². The Hall–Kier alpha value is -2.75. The zero-order valence-electron chi connectivity index (χ0n) is 18.3. The summed E-state index contributed by atoms with van der Waals surface area (Å²) in [6.07, 6.45) is 12.2. The molecule has 3 N–H and O–H groups in total. The van der Waals surface area contributed by atoms with E-state index in [0.29, 0.717) is 35.7 Å². The van der Waals surface area contributed by atoms with Gasteiger partial charge in [-0.05, 0) is 32.1 Å². The number of sulfone groups is 1. The number of hydrogen-bond donors (Lipinski definition) is 2. The summed E-state index contributed by atoms with van der Waals surface area (Å²) in [4.78, 5) is 14.2. The molecular formula is C22H29N7O2S. The first-order valence-electron chi connectivity index (χ1n) is 11.4. The van der Waals surface area contributed by atoms with Crippen molar-refractivity contribution in [1.29, 1.82) is 0 Å². The van der Waals surface area contributed by atoms with Crippen molar-refractivity contribution in [3.05, 3.63) is 24.3 Å². The van der Waals surface area contributed by atoms with Crippen LogP contribution in [0.3, 0.4) is 0 Å². The maximum atomic E-state index is 11.8. The van der Waals surface area contributed by atoms with E-state index in [-0.39, 0.29) is 17.5 Å². The highest BCUT2D eigenvalue weighted by Crippen LogP contribution is 2.33. The minimum Gasteiger partial charge on any atom is -0.382 e. The Morgan fingerprint density at radius 1 is 1.09 bits per heavy atom. The van der Waals surface area contributed by atoms with Gasteiger partial charge in [-0.2, -0.15) is 5.10 Å². The molecule has 3 aromatic heterocycles. The largest absolute Gasteiger partial charge is 0.382 e. The highest BCUT2D eigenvalue weighted by atomic mass is 32.2. The lowest BCUT2D eigenvalue weighted by Gasteiger charge is -2.22. The quantitative estimate of drug-likeness (QED) is 0.600. The molecule has 4 heterocycles. The van der Waals surface area contributed by atoms with Crippen LogP contribution in [0.1, 0.15) is 57.2 Å². The molecule has 32 heavy (non-hydrogen) atoms. The smallest absolute Gasteiger partial charge is 0.151 e. The molecule has 0 atom stereocenters. The second-order valence-electron chi connectivity index (χ2n) is 8.84. The summed E-state index contributed by atoms with van der Waals surface area (Å²) >= 11 is 0. The number of anilines is 2. The fraction of sp³-hybridized carbons (Fsp3) is 0.545. The molecule has 2 fully saturated rings. The Kier molecular flexibility index (Phi) is 5.48. The number of nitrogens with one attached hydrogen (secondary N) is 1. The van der Waals surface area contributed by atoms with Gasteiger partial charge in [0.05, 0.1) is 29.4 Å². The van der Waals surface area contributed by atoms with Crippen molar-refractivity contribution >= 4 is 32.5 Å². The third-order valence-electron chi connectivity index (χ3n) is 6.64. The van der Waals surface area contributed by atoms with E-state index >= 15 is 0 Å². The van der Waals surface area contributed by atoms with Crippen LogP contribution in [0.15, 0.2) is 18.6 Å². The Balaban J connectivity index is 1.52. The van der Waals surface area contributed by atoms with Gasteiger partial charge in [-0.1, -0.05) is 19.8 Å². The third kappa shape index (κ3) is 4.03. The van der Waals surface area contributed by atoms with E-state index in [1.54, 1.807) is 12.4 Å². The maximum Gasteiger partial charge on any atom is 0.151 e. The lowest BCUT2D eigenvalue weighted by Crippen LogP contribution is -2.25. The number of aryl methyl sites for hydroxylation is 1. The molecule has 9 nitrogen and oxygen atoms in total. The first kappa shape index (κ1) is 21.1. The number of rotatable bonds is 5. The monoisotopic (exact) mass is 455 g/mol. The number of aromatic nitrogens is 5. The number of hydrogen-bond acceptors (Lipinski definition) is 8. The molecule has 1 aliphatic heterocycles. The second kappa shape index (κ2) is 8.31. The van der Waals surface area contributed by atoms with Crippen LogP contribution in [-0.4, -0.2) is 50.7 Å². The molecule has 0 radical (unpaired) electrons. The zero-order valence-corrected chi connectivity index (χ0v) is 19.1. The van der Waals surface area contributed by atoms with Crippen LogP contribution in [0.25, 0.3) is 22.2 Å². The lowest BCUT2D eigenvalue weighted by molar-refractivity contribution is 0.413. The van der Waals surface area contributed by atoms with Gasteiger partial charge in [-0.15, -0.1) is 0 Å². The van der Waals surface area contributed by atoms with Gasteiger partial charge in [0.15, 0.2) is 5.82 Å². The van der Waals surface area contributed by atoms with Crippen molar-refractivity contribution < 1.29 is 8.42 Å². The third-order valence-corrected chi connectivity index (χ3v) is 8.36. The summed E-state index contributed by atoms with van der Waals surface area (Å²) in [6, 6.07) is 0.512. The van der Waals surface area contributed by atoms with Crippen molar-refractivity contribution in [2.75, 3.05) is 22.6 Å². The van der Waals surface area contributed by atoms with Gasteiger partial charge in [-0.3, -0.25) is 4.68 Å². The first-order chi connectivity index (χ1) is 15.4. The van der Waals surface area contributed by atoms with Crippen molar-refractivity contribution in [2.24, 2.45) is 0 Å². The number of pyridine rings is 1. The molecule has 2 aliphatic rings.